The van der Waals surface area contributed by atoms with Crippen molar-refractivity contribution in [3.8, 4) is 0 Å². The second-order valence-corrected chi connectivity index (χ2v) is 10.7. The van der Waals surface area contributed by atoms with E-state index >= 15 is 0 Å². The molecule has 8 nitrogen and oxygen atoms in total. The van der Waals surface area contributed by atoms with Crippen LogP contribution in [0.3, 0.4) is 0 Å². The first-order chi connectivity index (χ1) is 13.6. The number of rotatable bonds is 3. The highest BCUT2D eigenvalue weighted by Crippen LogP contribution is 2.25. The van der Waals surface area contributed by atoms with Crippen LogP contribution in [0.5, 0.6) is 0 Å². The average molecular weight is 423 g/mol. The molecule has 0 N–H and O–H groups in total. The van der Waals surface area contributed by atoms with Gasteiger partial charge in [-0.25, -0.2) is 8.42 Å². The predicted molar refractivity (Wildman–Crippen MR) is 108 cm³/mol. The number of carbonyl (C=O) groups is 2. The van der Waals surface area contributed by atoms with E-state index in [0.29, 0.717) is 26.2 Å². The summed E-state index contributed by atoms with van der Waals surface area (Å²) < 4.78 is 26.8. The molecule has 1 aromatic heterocycles. The quantitative estimate of drug-likeness (QED) is 0.730. The van der Waals surface area contributed by atoms with Gasteiger partial charge >= 0.3 is 0 Å². The van der Waals surface area contributed by atoms with Gasteiger partial charge in [0, 0.05) is 57.1 Å². The van der Waals surface area contributed by atoms with Crippen molar-refractivity contribution in [2.24, 2.45) is 11.3 Å². The molecule has 2 amide bonds. The molecule has 3 rings (SSSR count). The van der Waals surface area contributed by atoms with Gasteiger partial charge in [-0.3, -0.25) is 14.6 Å². The molecule has 9 heteroatoms. The van der Waals surface area contributed by atoms with E-state index < -0.39 is 15.4 Å². The molecule has 1 atom stereocenters. The second-order valence-electron chi connectivity index (χ2n) is 8.76. The average Bonchev–Trinajstić information content (AvgIpc) is 2.73. The Morgan fingerprint density at radius 2 is 1.76 bits per heavy atom. The van der Waals surface area contributed by atoms with E-state index in [-0.39, 0.29) is 35.7 Å². The summed E-state index contributed by atoms with van der Waals surface area (Å²) in [6.07, 6.45) is 4.46. The van der Waals surface area contributed by atoms with Gasteiger partial charge in [-0.15, -0.1) is 0 Å². The number of aromatic nitrogens is 1. The van der Waals surface area contributed by atoms with Crippen LogP contribution in [0.15, 0.2) is 29.4 Å². The minimum Gasteiger partial charge on any atom is -0.341 e. The molecule has 0 saturated carbocycles. The fraction of sp³-hybridized carbons (Fsp3) is 0.650. The van der Waals surface area contributed by atoms with E-state index in [1.165, 1.54) is 22.8 Å². The van der Waals surface area contributed by atoms with E-state index in [9.17, 15) is 18.0 Å². The number of amides is 2. The lowest BCUT2D eigenvalue weighted by Crippen LogP contribution is -2.54. The zero-order chi connectivity index (χ0) is 21.2. The highest BCUT2D eigenvalue weighted by molar-refractivity contribution is 7.89. The number of nitrogens with zero attached hydrogens (tertiary/aromatic N) is 4. The predicted octanol–water partition coefficient (Wildman–Crippen LogP) is 1.20. The first-order valence-electron chi connectivity index (χ1n) is 10.1. The lowest BCUT2D eigenvalue weighted by molar-refractivity contribution is -0.145. The molecule has 0 bridgehead atoms. The van der Waals surface area contributed by atoms with Gasteiger partial charge in [0.1, 0.15) is 4.90 Å². The fourth-order valence-electron chi connectivity index (χ4n) is 3.89. The van der Waals surface area contributed by atoms with Gasteiger partial charge in [-0.1, -0.05) is 20.8 Å². The molecular formula is C20H30N4O4S. The Morgan fingerprint density at radius 1 is 1.07 bits per heavy atom. The lowest BCUT2D eigenvalue weighted by atomic mass is 9.90. The number of piperidine rings is 1. The van der Waals surface area contributed by atoms with Crippen LogP contribution in [0, 0.1) is 11.3 Å². The van der Waals surface area contributed by atoms with Crippen LogP contribution in [0.25, 0.3) is 0 Å². The highest BCUT2D eigenvalue weighted by Gasteiger charge is 2.37. The summed E-state index contributed by atoms with van der Waals surface area (Å²) in [5, 5.41) is 0. The smallest absolute Gasteiger partial charge is 0.244 e. The molecule has 2 aliphatic rings. The van der Waals surface area contributed by atoms with E-state index in [1.54, 1.807) is 15.9 Å². The monoisotopic (exact) mass is 422 g/mol. The van der Waals surface area contributed by atoms with Crippen molar-refractivity contribution >= 4 is 21.8 Å². The SMILES string of the molecule is CC(C)(C)C(=O)N1CCCC(C(=O)N2CCN(S(=O)(=O)c3cccnc3)CC2)C1. The Morgan fingerprint density at radius 3 is 2.34 bits per heavy atom. The number of sulfonamides is 1. The zero-order valence-corrected chi connectivity index (χ0v) is 18.2. The van der Waals surface area contributed by atoms with Crippen molar-refractivity contribution < 1.29 is 18.0 Å². The maximum Gasteiger partial charge on any atom is 0.244 e. The first kappa shape index (κ1) is 21.7. The number of piperazine rings is 1. The van der Waals surface area contributed by atoms with E-state index in [1.807, 2.05) is 20.8 Å². The summed E-state index contributed by atoms with van der Waals surface area (Å²) in [6, 6.07) is 3.13. The van der Waals surface area contributed by atoms with E-state index in [4.69, 9.17) is 0 Å². The van der Waals surface area contributed by atoms with Gasteiger partial charge in [-0.05, 0) is 25.0 Å². The molecule has 2 aliphatic heterocycles. The van der Waals surface area contributed by atoms with Crippen LogP contribution in [0.4, 0.5) is 0 Å². The van der Waals surface area contributed by atoms with Crippen molar-refractivity contribution in [2.45, 2.75) is 38.5 Å². The maximum atomic E-state index is 13.0. The molecule has 29 heavy (non-hydrogen) atoms. The minimum atomic E-state index is -3.59. The Bertz CT molecular complexity index is 843. The Hall–Kier alpha value is -2.00. The van der Waals surface area contributed by atoms with Crippen molar-refractivity contribution in [1.82, 2.24) is 19.1 Å². The Labute approximate surface area is 172 Å². The third-order valence-corrected chi connectivity index (χ3v) is 7.40. The molecule has 160 valence electrons. The van der Waals surface area contributed by atoms with Crippen LogP contribution in [0.1, 0.15) is 33.6 Å². The molecule has 2 saturated heterocycles. The minimum absolute atomic E-state index is 0.0230. The summed E-state index contributed by atoms with van der Waals surface area (Å²) in [7, 11) is -3.59. The van der Waals surface area contributed by atoms with Crippen molar-refractivity contribution in [3.05, 3.63) is 24.5 Å². The van der Waals surface area contributed by atoms with Crippen molar-refractivity contribution in [3.63, 3.8) is 0 Å². The number of likely N-dealkylation sites (tertiary alicyclic amines) is 1. The molecule has 0 aromatic carbocycles. The zero-order valence-electron chi connectivity index (χ0n) is 17.4. The van der Waals surface area contributed by atoms with Crippen LogP contribution >= 0.6 is 0 Å². The van der Waals surface area contributed by atoms with Crippen molar-refractivity contribution in [1.29, 1.82) is 0 Å². The Balaban J connectivity index is 1.59. The molecule has 2 fully saturated rings. The number of carbonyl (C=O) groups excluding carboxylic acids is 2. The van der Waals surface area contributed by atoms with E-state index in [0.717, 1.165) is 12.8 Å². The molecule has 0 spiro atoms. The Kier molecular flexibility index (Phi) is 6.28. The van der Waals surface area contributed by atoms with Crippen LogP contribution in [-0.4, -0.2) is 78.6 Å². The summed E-state index contributed by atoms with van der Waals surface area (Å²) in [6.45, 7) is 8.07. The topological polar surface area (TPSA) is 90.9 Å². The number of hydrogen-bond donors (Lipinski definition) is 0. The molecule has 3 heterocycles. The van der Waals surface area contributed by atoms with Gasteiger partial charge in [0.05, 0.1) is 5.92 Å². The molecule has 1 unspecified atom stereocenters. The first-order valence-corrected chi connectivity index (χ1v) is 11.5. The summed E-state index contributed by atoms with van der Waals surface area (Å²) in [5.74, 6) is -0.117. The number of pyridine rings is 1. The standard InChI is InChI=1S/C20H30N4O4S/c1-20(2,3)19(26)23-9-5-6-16(15-23)18(25)22-10-12-24(13-11-22)29(27,28)17-7-4-8-21-14-17/h4,7-8,14,16H,5-6,9-13,15H2,1-3H3. The molecule has 0 radical (unpaired) electrons. The highest BCUT2D eigenvalue weighted by atomic mass is 32.2. The largest absolute Gasteiger partial charge is 0.341 e. The lowest BCUT2D eigenvalue weighted by Gasteiger charge is -2.39. The van der Waals surface area contributed by atoms with Crippen LogP contribution in [0.2, 0.25) is 0 Å². The number of hydrogen-bond acceptors (Lipinski definition) is 5. The third kappa shape index (κ3) is 4.78. The normalized spacial score (nSPS) is 21.8. The summed E-state index contributed by atoms with van der Waals surface area (Å²) in [5.41, 5.74) is -0.461. The summed E-state index contributed by atoms with van der Waals surface area (Å²) >= 11 is 0. The van der Waals surface area contributed by atoms with Gasteiger partial charge in [0.2, 0.25) is 21.8 Å². The second kappa shape index (κ2) is 8.39. The van der Waals surface area contributed by atoms with Gasteiger partial charge in [-0.2, -0.15) is 4.31 Å². The van der Waals surface area contributed by atoms with Crippen molar-refractivity contribution in [2.75, 3.05) is 39.3 Å². The fourth-order valence-corrected chi connectivity index (χ4v) is 5.28. The van der Waals surface area contributed by atoms with Gasteiger partial charge in [0.15, 0.2) is 0 Å². The molecule has 1 aromatic rings. The summed E-state index contributed by atoms with van der Waals surface area (Å²) in [4.78, 5) is 33.2. The third-order valence-electron chi connectivity index (χ3n) is 5.52. The van der Waals surface area contributed by atoms with E-state index in [2.05, 4.69) is 4.98 Å². The maximum absolute atomic E-state index is 13.0. The molecule has 0 aliphatic carbocycles. The van der Waals surface area contributed by atoms with Crippen LogP contribution in [-0.2, 0) is 19.6 Å². The van der Waals surface area contributed by atoms with Gasteiger partial charge < -0.3 is 9.80 Å². The van der Waals surface area contributed by atoms with Gasteiger partial charge in [0.25, 0.3) is 0 Å². The molecular weight excluding hydrogens is 392 g/mol. The van der Waals surface area contributed by atoms with Crippen LogP contribution < -0.4 is 0 Å².